The molecule has 1 fully saturated rings. The van der Waals surface area contributed by atoms with Gasteiger partial charge in [-0.15, -0.1) is 0 Å². The smallest absolute Gasteiger partial charge is 0.410 e. The third-order valence-corrected chi connectivity index (χ3v) is 4.96. The van der Waals surface area contributed by atoms with Crippen LogP contribution in [0.25, 0.3) is 0 Å². The van der Waals surface area contributed by atoms with E-state index in [9.17, 15) is 14.4 Å². The van der Waals surface area contributed by atoms with Crippen LogP contribution in [0.2, 0.25) is 0 Å². The molecular formula is C24H35NO6. The Morgan fingerprint density at radius 3 is 2.29 bits per heavy atom. The summed E-state index contributed by atoms with van der Waals surface area (Å²) in [7, 11) is 1.34. The number of methoxy groups -OCH3 is 1. The Hall–Kier alpha value is -2.57. The van der Waals surface area contributed by atoms with Crippen LogP contribution in [0.1, 0.15) is 63.9 Å². The summed E-state index contributed by atoms with van der Waals surface area (Å²) in [4.78, 5) is 39.1. The molecule has 0 bridgehead atoms. The van der Waals surface area contributed by atoms with Gasteiger partial charge in [0.05, 0.1) is 18.6 Å². The van der Waals surface area contributed by atoms with Gasteiger partial charge in [-0.05, 0) is 78.0 Å². The molecule has 0 radical (unpaired) electrons. The third kappa shape index (κ3) is 7.56. The van der Waals surface area contributed by atoms with Gasteiger partial charge in [0.1, 0.15) is 11.2 Å². The summed E-state index contributed by atoms with van der Waals surface area (Å²) in [5.41, 5.74) is 0.0833. The third-order valence-electron chi connectivity index (χ3n) is 4.96. The second-order valence-corrected chi connectivity index (χ2v) is 10.0. The molecule has 0 unspecified atom stereocenters. The Labute approximate surface area is 185 Å². The van der Waals surface area contributed by atoms with Gasteiger partial charge in [0.25, 0.3) is 0 Å². The fourth-order valence-electron chi connectivity index (χ4n) is 3.63. The maximum atomic E-state index is 13.1. The molecule has 0 aromatic heterocycles. The van der Waals surface area contributed by atoms with Gasteiger partial charge in [-0.3, -0.25) is 4.79 Å². The number of carbonyl (C=O) groups is 3. The van der Waals surface area contributed by atoms with Crippen LogP contribution in [0.4, 0.5) is 4.79 Å². The highest BCUT2D eigenvalue weighted by atomic mass is 16.6. The molecule has 1 amide bonds. The van der Waals surface area contributed by atoms with Crippen LogP contribution in [0.3, 0.4) is 0 Å². The zero-order valence-electron chi connectivity index (χ0n) is 19.7. The second-order valence-electron chi connectivity index (χ2n) is 10.0. The largest absolute Gasteiger partial charge is 0.465 e. The summed E-state index contributed by atoms with van der Waals surface area (Å²) >= 11 is 0. The van der Waals surface area contributed by atoms with Gasteiger partial charge in [-0.2, -0.15) is 0 Å². The zero-order valence-corrected chi connectivity index (χ0v) is 19.7. The molecule has 7 heteroatoms. The molecule has 0 N–H and O–H groups in total. The molecule has 1 aliphatic heterocycles. The van der Waals surface area contributed by atoms with Crippen LogP contribution < -0.4 is 0 Å². The van der Waals surface area contributed by atoms with Gasteiger partial charge in [0.2, 0.25) is 0 Å². The molecule has 7 nitrogen and oxygen atoms in total. The Morgan fingerprint density at radius 1 is 1.06 bits per heavy atom. The number of likely N-dealkylation sites (tertiary alicyclic amines) is 1. The van der Waals surface area contributed by atoms with Crippen LogP contribution in [-0.2, 0) is 25.4 Å². The predicted octanol–water partition coefficient (Wildman–Crippen LogP) is 4.23. The lowest BCUT2D eigenvalue weighted by Gasteiger charge is -2.28. The molecule has 0 spiro atoms. The fourth-order valence-corrected chi connectivity index (χ4v) is 3.63. The molecule has 1 aromatic carbocycles. The maximum Gasteiger partial charge on any atom is 0.410 e. The normalized spacial score (nSPS) is 17.8. The lowest BCUT2D eigenvalue weighted by Crippen LogP contribution is -2.38. The number of rotatable bonds is 5. The van der Waals surface area contributed by atoms with Gasteiger partial charge >= 0.3 is 18.0 Å². The van der Waals surface area contributed by atoms with Crippen LogP contribution in [0.15, 0.2) is 24.3 Å². The van der Waals surface area contributed by atoms with Crippen LogP contribution >= 0.6 is 0 Å². The van der Waals surface area contributed by atoms with E-state index in [4.69, 9.17) is 14.2 Å². The van der Waals surface area contributed by atoms with Crippen molar-refractivity contribution in [2.75, 3.05) is 20.2 Å². The van der Waals surface area contributed by atoms with Crippen molar-refractivity contribution in [2.24, 2.45) is 11.8 Å². The van der Waals surface area contributed by atoms with Crippen molar-refractivity contribution in [2.45, 2.75) is 65.6 Å². The quantitative estimate of drug-likeness (QED) is 0.510. The molecule has 0 aliphatic carbocycles. The summed E-state index contributed by atoms with van der Waals surface area (Å²) < 4.78 is 16.0. The Balaban J connectivity index is 2.21. The minimum atomic E-state index is -0.618. The first-order chi connectivity index (χ1) is 14.3. The minimum Gasteiger partial charge on any atom is -0.465 e. The molecular weight excluding hydrogens is 398 g/mol. The topological polar surface area (TPSA) is 82.1 Å². The Kier molecular flexibility index (Phi) is 7.73. The van der Waals surface area contributed by atoms with E-state index in [0.29, 0.717) is 31.5 Å². The Bertz CT molecular complexity index is 805. The van der Waals surface area contributed by atoms with E-state index in [1.807, 2.05) is 47.6 Å². The highest BCUT2D eigenvalue weighted by molar-refractivity contribution is 5.89. The van der Waals surface area contributed by atoms with Crippen molar-refractivity contribution in [3.63, 3.8) is 0 Å². The summed E-state index contributed by atoms with van der Waals surface area (Å²) in [5, 5.41) is 0. The Morgan fingerprint density at radius 2 is 1.71 bits per heavy atom. The average Bonchev–Trinajstić information content (AvgIpc) is 3.13. The van der Waals surface area contributed by atoms with E-state index in [1.165, 1.54) is 7.11 Å². The SMILES string of the molecule is COC(=O)c1cccc(C[C@H](C(=O)OC(C)(C)C)[C@H]2CCN(C(=O)OC(C)(C)C)C2)c1. The second kappa shape index (κ2) is 9.71. The molecule has 1 aromatic rings. The summed E-state index contributed by atoms with van der Waals surface area (Å²) in [6, 6.07) is 7.07. The van der Waals surface area contributed by atoms with E-state index in [1.54, 1.807) is 23.1 Å². The van der Waals surface area contributed by atoms with Gasteiger partial charge < -0.3 is 19.1 Å². The number of esters is 2. The molecule has 1 heterocycles. The van der Waals surface area contributed by atoms with Gasteiger partial charge in [0, 0.05) is 13.1 Å². The highest BCUT2D eigenvalue weighted by Crippen LogP contribution is 2.30. The van der Waals surface area contributed by atoms with E-state index < -0.39 is 23.1 Å². The lowest BCUT2D eigenvalue weighted by molar-refractivity contribution is -0.161. The molecule has 1 aliphatic rings. The standard InChI is InChI=1S/C24H35NO6/c1-23(2,3)30-21(27)19(14-16-9-8-10-17(13-16)20(26)29-7)18-11-12-25(15-18)22(28)31-24(4,5)6/h8-10,13,18-19H,11-12,14-15H2,1-7H3/t18-,19-/m0/s1. The molecule has 1 saturated heterocycles. The van der Waals surface area contributed by atoms with E-state index >= 15 is 0 Å². The summed E-state index contributed by atoms with van der Waals surface area (Å²) in [6.45, 7) is 11.9. The summed E-state index contributed by atoms with van der Waals surface area (Å²) in [5.74, 6) is -1.23. The van der Waals surface area contributed by atoms with Crippen LogP contribution in [-0.4, -0.2) is 54.3 Å². The van der Waals surface area contributed by atoms with Crippen molar-refractivity contribution in [1.29, 1.82) is 0 Å². The predicted molar refractivity (Wildman–Crippen MR) is 117 cm³/mol. The number of ether oxygens (including phenoxy) is 3. The van der Waals surface area contributed by atoms with Crippen molar-refractivity contribution in [3.8, 4) is 0 Å². The highest BCUT2D eigenvalue weighted by Gasteiger charge is 2.39. The van der Waals surface area contributed by atoms with Crippen LogP contribution in [0.5, 0.6) is 0 Å². The monoisotopic (exact) mass is 433 g/mol. The van der Waals surface area contributed by atoms with E-state index in [-0.39, 0.29) is 18.0 Å². The molecule has 2 rings (SSSR count). The first-order valence-corrected chi connectivity index (χ1v) is 10.7. The molecule has 172 valence electrons. The number of carbonyl (C=O) groups excluding carboxylic acids is 3. The van der Waals surface area contributed by atoms with Crippen molar-refractivity contribution in [3.05, 3.63) is 35.4 Å². The summed E-state index contributed by atoms with van der Waals surface area (Å²) in [6.07, 6.45) is 0.720. The molecule has 0 saturated carbocycles. The first-order valence-electron chi connectivity index (χ1n) is 10.7. The van der Waals surface area contributed by atoms with Crippen molar-refractivity contribution >= 4 is 18.0 Å². The van der Waals surface area contributed by atoms with Gasteiger partial charge in [-0.1, -0.05) is 12.1 Å². The number of benzene rings is 1. The lowest BCUT2D eigenvalue weighted by atomic mass is 9.85. The number of hydrogen-bond donors (Lipinski definition) is 0. The number of nitrogens with zero attached hydrogens (tertiary/aromatic N) is 1. The van der Waals surface area contributed by atoms with Crippen molar-refractivity contribution in [1.82, 2.24) is 4.90 Å². The van der Waals surface area contributed by atoms with Crippen LogP contribution in [0, 0.1) is 11.8 Å². The molecule has 2 atom stereocenters. The average molecular weight is 434 g/mol. The van der Waals surface area contributed by atoms with Gasteiger partial charge in [0.15, 0.2) is 0 Å². The van der Waals surface area contributed by atoms with Gasteiger partial charge in [-0.25, -0.2) is 9.59 Å². The zero-order chi connectivity index (χ0) is 23.4. The fraction of sp³-hybridized carbons (Fsp3) is 0.625. The van der Waals surface area contributed by atoms with Crippen molar-refractivity contribution < 1.29 is 28.6 Å². The van der Waals surface area contributed by atoms with E-state index in [0.717, 1.165) is 5.56 Å². The minimum absolute atomic E-state index is 0.0656. The molecule has 31 heavy (non-hydrogen) atoms. The first kappa shape index (κ1) is 24.7. The van der Waals surface area contributed by atoms with E-state index in [2.05, 4.69) is 0 Å². The number of hydrogen-bond acceptors (Lipinski definition) is 6. The maximum absolute atomic E-state index is 13.1. The number of amides is 1.